The van der Waals surface area contributed by atoms with Gasteiger partial charge in [-0.3, -0.25) is 4.79 Å². The summed E-state index contributed by atoms with van der Waals surface area (Å²) >= 11 is 0. The number of ketones is 1. The van der Waals surface area contributed by atoms with Gasteiger partial charge < -0.3 is 9.30 Å². The number of carbonyl (C=O) groups is 1. The topological polar surface area (TPSA) is 44.1 Å². The van der Waals surface area contributed by atoms with E-state index in [2.05, 4.69) is 11.6 Å². The van der Waals surface area contributed by atoms with Crippen LogP contribution in [-0.4, -0.2) is 26.5 Å². The van der Waals surface area contributed by atoms with Crippen molar-refractivity contribution in [3.8, 4) is 11.3 Å². The molecule has 1 fully saturated rings. The average Bonchev–Trinajstić information content (AvgIpc) is 3.05. The van der Waals surface area contributed by atoms with Crippen molar-refractivity contribution in [1.82, 2.24) is 9.55 Å². The summed E-state index contributed by atoms with van der Waals surface area (Å²) in [6.45, 7) is 12.0. The summed E-state index contributed by atoms with van der Waals surface area (Å²) in [4.78, 5) is 17.3. The Morgan fingerprint density at radius 2 is 1.92 bits per heavy atom. The molecule has 0 amide bonds. The van der Waals surface area contributed by atoms with Gasteiger partial charge in [-0.25, -0.2) is 4.98 Å². The number of aromatic nitrogens is 2. The second kappa shape index (κ2) is 6.12. The van der Waals surface area contributed by atoms with Gasteiger partial charge in [0.15, 0.2) is 5.78 Å². The molecule has 4 heteroatoms. The third-order valence-corrected chi connectivity index (χ3v) is 4.46. The molecule has 2 heterocycles. The maximum Gasteiger partial charge on any atom is 0.192 e. The lowest BCUT2D eigenvalue weighted by molar-refractivity contribution is -0.132. The van der Waals surface area contributed by atoms with Crippen LogP contribution in [0.2, 0.25) is 0 Å². The van der Waals surface area contributed by atoms with Crippen molar-refractivity contribution in [2.75, 3.05) is 0 Å². The second-order valence-corrected chi connectivity index (χ2v) is 7.34. The Kier molecular flexibility index (Phi) is 4.25. The first kappa shape index (κ1) is 17.4. The van der Waals surface area contributed by atoms with Gasteiger partial charge in [0.1, 0.15) is 5.60 Å². The minimum Gasteiger partial charge on any atom is -0.357 e. The van der Waals surface area contributed by atoms with Gasteiger partial charge in [0.05, 0.1) is 17.6 Å². The molecule has 0 spiro atoms. The van der Waals surface area contributed by atoms with Crippen LogP contribution in [0.1, 0.15) is 33.3 Å². The third-order valence-electron chi connectivity index (χ3n) is 4.46. The highest BCUT2D eigenvalue weighted by atomic mass is 16.5. The van der Waals surface area contributed by atoms with Crippen molar-refractivity contribution in [1.29, 1.82) is 0 Å². The largest absolute Gasteiger partial charge is 0.357 e. The predicted molar refractivity (Wildman–Crippen MR) is 100 cm³/mol. The van der Waals surface area contributed by atoms with Gasteiger partial charge in [0, 0.05) is 23.9 Å². The SMILES string of the molecule is C=CCn1cnc(-c2ccccc2/C=C2/C(=O)C(C)(C)OC2(C)C)c1. The Labute approximate surface area is 148 Å². The van der Waals surface area contributed by atoms with Gasteiger partial charge in [0.25, 0.3) is 0 Å². The summed E-state index contributed by atoms with van der Waals surface area (Å²) in [5.41, 5.74) is 2.11. The number of Topliss-reactive ketones (excluding diaryl/α,β-unsaturated/α-hetero) is 1. The van der Waals surface area contributed by atoms with Gasteiger partial charge in [0.2, 0.25) is 0 Å². The number of carbonyl (C=O) groups excluding carboxylic acids is 1. The van der Waals surface area contributed by atoms with E-state index in [9.17, 15) is 4.79 Å². The van der Waals surface area contributed by atoms with Crippen LogP contribution in [0.3, 0.4) is 0 Å². The average molecular weight is 336 g/mol. The molecule has 0 atom stereocenters. The van der Waals surface area contributed by atoms with E-state index >= 15 is 0 Å². The standard InChI is InChI=1S/C21H24N2O2/c1-6-11-23-13-18(22-14-23)16-10-8-7-9-15(16)12-17-19(24)21(4,5)25-20(17,2)3/h6-10,12-14H,1,11H2,2-5H3/b17-12-. The van der Waals surface area contributed by atoms with Gasteiger partial charge >= 0.3 is 0 Å². The van der Waals surface area contributed by atoms with Crippen LogP contribution in [0.5, 0.6) is 0 Å². The van der Waals surface area contributed by atoms with Crippen LogP contribution < -0.4 is 0 Å². The lowest BCUT2D eigenvalue weighted by Gasteiger charge is -2.22. The fraction of sp³-hybridized carbons (Fsp3) is 0.333. The van der Waals surface area contributed by atoms with E-state index in [0.29, 0.717) is 12.1 Å². The van der Waals surface area contributed by atoms with Crippen molar-refractivity contribution in [3.05, 3.63) is 60.6 Å². The van der Waals surface area contributed by atoms with Crippen LogP contribution in [0.4, 0.5) is 0 Å². The summed E-state index contributed by atoms with van der Waals surface area (Å²) in [6.07, 6.45) is 7.55. The zero-order chi connectivity index (χ0) is 18.2. The number of allylic oxidation sites excluding steroid dienone is 1. The fourth-order valence-corrected chi connectivity index (χ4v) is 3.34. The molecule has 0 N–H and O–H groups in total. The fourth-order valence-electron chi connectivity index (χ4n) is 3.34. The van der Waals surface area contributed by atoms with Crippen LogP contribution in [-0.2, 0) is 16.1 Å². The summed E-state index contributed by atoms with van der Waals surface area (Å²) in [7, 11) is 0. The Hall–Kier alpha value is -2.46. The predicted octanol–water partition coefficient (Wildman–Crippen LogP) is 4.28. The molecule has 130 valence electrons. The highest BCUT2D eigenvalue weighted by Gasteiger charge is 2.49. The molecule has 0 aliphatic carbocycles. The minimum atomic E-state index is -0.796. The number of nitrogens with zero attached hydrogens (tertiary/aromatic N) is 2. The van der Waals surface area contributed by atoms with Gasteiger partial charge in [-0.1, -0.05) is 30.3 Å². The van der Waals surface area contributed by atoms with Crippen molar-refractivity contribution >= 4 is 11.9 Å². The van der Waals surface area contributed by atoms with E-state index in [1.165, 1.54) is 0 Å². The molecule has 1 aromatic heterocycles. The van der Waals surface area contributed by atoms with Gasteiger partial charge in [-0.2, -0.15) is 0 Å². The second-order valence-electron chi connectivity index (χ2n) is 7.34. The number of hydrogen-bond acceptors (Lipinski definition) is 3. The Morgan fingerprint density at radius 1 is 1.20 bits per heavy atom. The third kappa shape index (κ3) is 3.22. The summed E-state index contributed by atoms with van der Waals surface area (Å²) < 4.78 is 7.94. The molecule has 25 heavy (non-hydrogen) atoms. The van der Waals surface area contributed by atoms with E-state index in [0.717, 1.165) is 16.8 Å². The molecule has 0 unspecified atom stereocenters. The van der Waals surface area contributed by atoms with E-state index in [-0.39, 0.29) is 5.78 Å². The van der Waals surface area contributed by atoms with Crippen molar-refractivity contribution in [3.63, 3.8) is 0 Å². The van der Waals surface area contributed by atoms with Crippen molar-refractivity contribution in [2.24, 2.45) is 0 Å². The Morgan fingerprint density at radius 3 is 2.56 bits per heavy atom. The van der Waals surface area contributed by atoms with E-state index in [1.54, 1.807) is 6.33 Å². The maximum absolute atomic E-state index is 12.8. The first-order chi connectivity index (χ1) is 11.7. The van der Waals surface area contributed by atoms with Crippen LogP contribution >= 0.6 is 0 Å². The van der Waals surface area contributed by atoms with Crippen molar-refractivity contribution < 1.29 is 9.53 Å². The number of ether oxygens (including phenoxy) is 1. The Bertz CT molecular complexity index is 856. The first-order valence-electron chi connectivity index (χ1n) is 8.44. The zero-order valence-corrected chi connectivity index (χ0v) is 15.2. The molecule has 1 aliphatic heterocycles. The van der Waals surface area contributed by atoms with E-state index < -0.39 is 11.2 Å². The molecule has 4 nitrogen and oxygen atoms in total. The normalized spacial score (nSPS) is 20.2. The van der Waals surface area contributed by atoms with Crippen LogP contribution in [0, 0.1) is 0 Å². The molecule has 0 saturated carbocycles. The number of rotatable bonds is 4. The van der Waals surface area contributed by atoms with Crippen LogP contribution in [0.15, 0.2) is 55.0 Å². The molecule has 2 aromatic rings. The lowest BCUT2D eigenvalue weighted by atomic mass is 9.89. The highest BCUT2D eigenvalue weighted by molar-refractivity contribution is 6.08. The highest BCUT2D eigenvalue weighted by Crippen LogP contribution is 2.40. The minimum absolute atomic E-state index is 0.0319. The molecule has 0 bridgehead atoms. The smallest absolute Gasteiger partial charge is 0.192 e. The zero-order valence-electron chi connectivity index (χ0n) is 15.2. The summed E-state index contributed by atoms with van der Waals surface area (Å²) in [5.74, 6) is 0.0319. The molecule has 1 aromatic carbocycles. The van der Waals surface area contributed by atoms with Crippen molar-refractivity contribution in [2.45, 2.75) is 45.4 Å². The molecule has 1 saturated heterocycles. The number of benzene rings is 1. The van der Waals surface area contributed by atoms with Gasteiger partial charge in [-0.05, 0) is 39.3 Å². The summed E-state index contributed by atoms with van der Waals surface area (Å²) in [5, 5.41) is 0. The lowest BCUT2D eigenvalue weighted by Crippen LogP contribution is -2.29. The molecular weight excluding hydrogens is 312 g/mol. The van der Waals surface area contributed by atoms with E-state index in [4.69, 9.17) is 4.74 Å². The number of hydrogen-bond donors (Lipinski definition) is 0. The maximum atomic E-state index is 12.8. The summed E-state index contributed by atoms with van der Waals surface area (Å²) in [6, 6.07) is 7.97. The molecule has 0 radical (unpaired) electrons. The van der Waals surface area contributed by atoms with Gasteiger partial charge in [-0.15, -0.1) is 6.58 Å². The molecular formula is C21H24N2O2. The monoisotopic (exact) mass is 336 g/mol. The first-order valence-corrected chi connectivity index (χ1v) is 8.44. The quantitative estimate of drug-likeness (QED) is 0.618. The number of imidazole rings is 1. The molecule has 3 rings (SSSR count). The Balaban J connectivity index is 2.07. The van der Waals surface area contributed by atoms with Crippen LogP contribution in [0.25, 0.3) is 17.3 Å². The molecule has 1 aliphatic rings. The van der Waals surface area contributed by atoms with E-state index in [1.807, 2.05) is 74.9 Å².